The van der Waals surface area contributed by atoms with Crippen LogP contribution in [0.3, 0.4) is 0 Å². The van der Waals surface area contributed by atoms with Crippen molar-refractivity contribution in [3.63, 3.8) is 0 Å². The van der Waals surface area contributed by atoms with Crippen LogP contribution >= 0.6 is 11.6 Å². The highest BCUT2D eigenvalue weighted by atomic mass is 35.5. The number of nitriles is 1. The predicted molar refractivity (Wildman–Crippen MR) is 93.2 cm³/mol. The topological polar surface area (TPSA) is 91.8 Å². The van der Waals surface area contributed by atoms with Gasteiger partial charge in [-0.3, -0.25) is 4.79 Å². The van der Waals surface area contributed by atoms with Crippen LogP contribution in [0.1, 0.15) is 28.7 Å². The SMILES string of the molecule is CC(=O)c1ccc(C#N)cc1NCc1nc(-c2cccc(Cl)c2)no1. The van der Waals surface area contributed by atoms with Gasteiger partial charge in [-0.05, 0) is 37.3 Å². The third kappa shape index (κ3) is 3.84. The van der Waals surface area contributed by atoms with Gasteiger partial charge in [0.2, 0.25) is 11.7 Å². The summed E-state index contributed by atoms with van der Waals surface area (Å²) in [7, 11) is 0. The second-order valence-electron chi connectivity index (χ2n) is 5.30. The number of carbonyl (C=O) groups is 1. The summed E-state index contributed by atoms with van der Waals surface area (Å²) in [5, 5.41) is 16.6. The molecule has 0 aliphatic rings. The molecule has 124 valence electrons. The van der Waals surface area contributed by atoms with Crippen molar-refractivity contribution < 1.29 is 9.32 Å². The average Bonchev–Trinajstić information content (AvgIpc) is 3.08. The molecule has 3 aromatic rings. The summed E-state index contributed by atoms with van der Waals surface area (Å²) in [6, 6.07) is 14.0. The second kappa shape index (κ2) is 7.16. The maximum absolute atomic E-state index is 11.7. The minimum Gasteiger partial charge on any atom is -0.376 e. The molecule has 0 amide bonds. The Morgan fingerprint density at radius 1 is 1.32 bits per heavy atom. The minimum absolute atomic E-state index is 0.0999. The normalized spacial score (nSPS) is 10.3. The van der Waals surface area contributed by atoms with Crippen LogP contribution in [0.4, 0.5) is 5.69 Å². The number of Topliss-reactive ketones (excluding diaryl/α,β-unsaturated/α-hetero) is 1. The summed E-state index contributed by atoms with van der Waals surface area (Å²) in [6.45, 7) is 1.69. The van der Waals surface area contributed by atoms with E-state index < -0.39 is 0 Å². The number of ketones is 1. The quantitative estimate of drug-likeness (QED) is 0.696. The first-order valence-electron chi connectivity index (χ1n) is 7.44. The number of carbonyl (C=O) groups excluding carboxylic acids is 1. The lowest BCUT2D eigenvalue weighted by Gasteiger charge is -2.08. The second-order valence-corrected chi connectivity index (χ2v) is 5.74. The summed E-state index contributed by atoms with van der Waals surface area (Å²) in [5.74, 6) is 0.681. The van der Waals surface area contributed by atoms with Crippen molar-refractivity contribution in [1.29, 1.82) is 5.26 Å². The van der Waals surface area contributed by atoms with Crippen LogP contribution in [0, 0.1) is 11.3 Å². The maximum Gasteiger partial charge on any atom is 0.246 e. The Balaban J connectivity index is 1.79. The molecule has 1 N–H and O–H groups in total. The molecule has 3 rings (SSSR count). The predicted octanol–water partition coefficient (Wildman–Crippen LogP) is 4.08. The van der Waals surface area contributed by atoms with Gasteiger partial charge in [0.25, 0.3) is 0 Å². The summed E-state index contributed by atoms with van der Waals surface area (Å²) >= 11 is 5.96. The number of nitrogens with one attached hydrogen (secondary N) is 1. The standard InChI is InChI=1S/C18H13ClN4O2/c1-11(24)15-6-5-12(9-20)7-16(15)21-10-17-22-18(23-25-17)13-3-2-4-14(19)8-13/h2-8,21H,10H2,1H3. The zero-order chi connectivity index (χ0) is 17.8. The Kier molecular flexibility index (Phi) is 4.78. The highest BCUT2D eigenvalue weighted by Gasteiger charge is 2.12. The summed E-state index contributed by atoms with van der Waals surface area (Å²) in [4.78, 5) is 16.0. The Morgan fingerprint density at radius 3 is 2.88 bits per heavy atom. The molecule has 0 spiro atoms. The highest BCUT2D eigenvalue weighted by Crippen LogP contribution is 2.22. The fourth-order valence-electron chi connectivity index (χ4n) is 2.31. The summed E-state index contributed by atoms with van der Waals surface area (Å²) in [5.41, 5.74) is 2.25. The molecule has 2 aromatic carbocycles. The molecule has 6 nitrogen and oxygen atoms in total. The van der Waals surface area contributed by atoms with E-state index >= 15 is 0 Å². The minimum atomic E-state index is -0.0999. The van der Waals surface area contributed by atoms with Gasteiger partial charge >= 0.3 is 0 Å². The average molecular weight is 353 g/mol. The van der Waals surface area contributed by atoms with Crippen molar-refractivity contribution in [3.8, 4) is 17.5 Å². The third-order valence-electron chi connectivity index (χ3n) is 3.51. The molecule has 0 saturated carbocycles. The molecule has 0 bridgehead atoms. The molecular formula is C18H13ClN4O2. The molecule has 0 saturated heterocycles. The van der Waals surface area contributed by atoms with E-state index in [1.54, 1.807) is 36.4 Å². The highest BCUT2D eigenvalue weighted by molar-refractivity contribution is 6.30. The van der Waals surface area contributed by atoms with E-state index in [4.69, 9.17) is 21.4 Å². The van der Waals surface area contributed by atoms with E-state index in [1.807, 2.05) is 12.1 Å². The van der Waals surface area contributed by atoms with Gasteiger partial charge in [0.15, 0.2) is 5.78 Å². The summed E-state index contributed by atoms with van der Waals surface area (Å²) < 4.78 is 5.22. The lowest BCUT2D eigenvalue weighted by atomic mass is 10.1. The first-order valence-corrected chi connectivity index (χ1v) is 7.82. The van der Waals surface area contributed by atoms with Crippen LogP contribution in [0.15, 0.2) is 47.0 Å². The number of rotatable bonds is 5. The van der Waals surface area contributed by atoms with E-state index in [9.17, 15) is 4.79 Å². The fraction of sp³-hybridized carbons (Fsp3) is 0.111. The molecule has 0 fully saturated rings. The van der Waals surface area contributed by atoms with Gasteiger partial charge in [0, 0.05) is 21.8 Å². The number of nitrogens with zero attached hydrogens (tertiary/aromatic N) is 3. The molecule has 0 unspecified atom stereocenters. The van der Waals surface area contributed by atoms with E-state index in [1.165, 1.54) is 6.92 Å². The van der Waals surface area contributed by atoms with Crippen molar-refractivity contribution in [3.05, 3.63) is 64.5 Å². The first-order chi connectivity index (χ1) is 12.1. The van der Waals surface area contributed by atoms with Crippen molar-refractivity contribution in [2.24, 2.45) is 0 Å². The number of halogens is 1. The van der Waals surface area contributed by atoms with Crippen LogP contribution < -0.4 is 5.32 Å². The van der Waals surface area contributed by atoms with E-state index in [0.717, 1.165) is 5.56 Å². The number of hydrogen-bond donors (Lipinski definition) is 1. The summed E-state index contributed by atoms with van der Waals surface area (Å²) in [6.07, 6.45) is 0. The molecule has 1 heterocycles. The molecule has 7 heteroatoms. The molecule has 25 heavy (non-hydrogen) atoms. The van der Waals surface area contributed by atoms with Crippen LogP contribution in [-0.4, -0.2) is 15.9 Å². The Labute approximate surface area is 149 Å². The van der Waals surface area contributed by atoms with Crippen LogP contribution in [0.2, 0.25) is 5.02 Å². The van der Waals surface area contributed by atoms with Gasteiger partial charge in [-0.25, -0.2) is 0 Å². The van der Waals surface area contributed by atoms with E-state index in [-0.39, 0.29) is 12.3 Å². The lowest BCUT2D eigenvalue weighted by Crippen LogP contribution is -2.05. The Bertz CT molecular complexity index is 975. The van der Waals surface area contributed by atoms with E-state index in [0.29, 0.717) is 33.6 Å². The van der Waals surface area contributed by atoms with Gasteiger partial charge < -0.3 is 9.84 Å². The largest absolute Gasteiger partial charge is 0.376 e. The lowest BCUT2D eigenvalue weighted by molar-refractivity contribution is 0.101. The first kappa shape index (κ1) is 16.7. The number of benzene rings is 2. The molecule has 1 aromatic heterocycles. The number of anilines is 1. The van der Waals surface area contributed by atoms with Crippen molar-refractivity contribution in [2.45, 2.75) is 13.5 Å². The molecular weight excluding hydrogens is 340 g/mol. The van der Waals surface area contributed by atoms with Crippen molar-refractivity contribution in [1.82, 2.24) is 10.1 Å². The zero-order valence-electron chi connectivity index (χ0n) is 13.3. The van der Waals surface area contributed by atoms with Crippen molar-refractivity contribution >= 4 is 23.1 Å². The fourth-order valence-corrected chi connectivity index (χ4v) is 2.50. The molecule has 0 radical (unpaired) electrons. The maximum atomic E-state index is 11.7. The smallest absolute Gasteiger partial charge is 0.246 e. The Morgan fingerprint density at radius 2 is 2.16 bits per heavy atom. The number of hydrogen-bond acceptors (Lipinski definition) is 6. The zero-order valence-corrected chi connectivity index (χ0v) is 14.0. The van der Waals surface area contributed by atoms with Gasteiger partial charge in [-0.1, -0.05) is 28.9 Å². The Hall–Kier alpha value is -3.17. The van der Waals surface area contributed by atoms with Crippen LogP contribution in [-0.2, 0) is 6.54 Å². The molecule has 0 aliphatic carbocycles. The monoisotopic (exact) mass is 352 g/mol. The van der Waals surface area contributed by atoms with Gasteiger partial charge in [0.1, 0.15) is 0 Å². The van der Waals surface area contributed by atoms with E-state index in [2.05, 4.69) is 15.5 Å². The molecule has 0 aliphatic heterocycles. The van der Waals surface area contributed by atoms with Crippen LogP contribution in [0.25, 0.3) is 11.4 Å². The van der Waals surface area contributed by atoms with Gasteiger partial charge in [-0.15, -0.1) is 0 Å². The van der Waals surface area contributed by atoms with Gasteiger partial charge in [0.05, 0.1) is 18.2 Å². The third-order valence-corrected chi connectivity index (χ3v) is 3.74. The van der Waals surface area contributed by atoms with Gasteiger partial charge in [-0.2, -0.15) is 10.2 Å². The van der Waals surface area contributed by atoms with Crippen LogP contribution in [0.5, 0.6) is 0 Å². The van der Waals surface area contributed by atoms with Crippen molar-refractivity contribution in [2.75, 3.05) is 5.32 Å². The number of aromatic nitrogens is 2. The molecule has 0 atom stereocenters.